The van der Waals surface area contributed by atoms with Crippen molar-refractivity contribution >= 4 is 34.2 Å². The molecule has 0 aliphatic heterocycles. The van der Waals surface area contributed by atoms with Crippen molar-refractivity contribution in [1.29, 1.82) is 0 Å². The van der Waals surface area contributed by atoms with Crippen molar-refractivity contribution in [2.45, 2.75) is 26.2 Å². The standard InChI is InChI=1S/C26H24N2O3/c1-2-18-12-15-20(16-13-18)27-26(30)25-24(21-10-6-7-11-22(21)31-25)28-23(29)17-14-19-8-4-3-5-9-19/h3-13,15-16H,2,14,17H2,1H3,(H,27,30)(H,28,29). The zero-order valence-electron chi connectivity index (χ0n) is 17.4. The lowest BCUT2D eigenvalue weighted by atomic mass is 10.1. The van der Waals surface area contributed by atoms with Crippen LogP contribution in [-0.4, -0.2) is 11.8 Å². The minimum atomic E-state index is -0.404. The first-order chi connectivity index (χ1) is 15.1. The Morgan fingerprint density at radius 3 is 2.26 bits per heavy atom. The van der Waals surface area contributed by atoms with Gasteiger partial charge in [0.1, 0.15) is 11.3 Å². The number of rotatable bonds is 7. The molecule has 0 unspecified atom stereocenters. The Morgan fingerprint density at radius 1 is 0.806 bits per heavy atom. The maximum atomic E-state index is 13.0. The largest absolute Gasteiger partial charge is 0.449 e. The second-order valence-electron chi connectivity index (χ2n) is 7.34. The summed E-state index contributed by atoms with van der Waals surface area (Å²) in [6.45, 7) is 2.08. The van der Waals surface area contributed by atoms with Crippen molar-refractivity contribution in [3.8, 4) is 0 Å². The number of fused-ring (bicyclic) bond motifs is 1. The van der Waals surface area contributed by atoms with Crippen LogP contribution in [0.4, 0.5) is 11.4 Å². The number of benzene rings is 3. The Morgan fingerprint density at radius 2 is 1.52 bits per heavy atom. The molecule has 0 radical (unpaired) electrons. The summed E-state index contributed by atoms with van der Waals surface area (Å²) < 4.78 is 5.81. The van der Waals surface area contributed by atoms with Gasteiger partial charge in [-0.05, 0) is 48.2 Å². The molecule has 156 valence electrons. The molecule has 4 rings (SSSR count). The quantitative estimate of drug-likeness (QED) is 0.402. The minimum absolute atomic E-state index is 0.0915. The molecular formula is C26H24N2O3. The molecule has 3 aromatic carbocycles. The molecule has 0 saturated heterocycles. The molecule has 31 heavy (non-hydrogen) atoms. The molecule has 0 fully saturated rings. The van der Waals surface area contributed by atoms with Gasteiger partial charge in [-0.3, -0.25) is 9.59 Å². The molecule has 4 aromatic rings. The fourth-order valence-electron chi connectivity index (χ4n) is 3.45. The molecule has 0 saturated carbocycles. The Balaban J connectivity index is 1.54. The van der Waals surface area contributed by atoms with Gasteiger partial charge in [0.2, 0.25) is 11.7 Å². The predicted octanol–water partition coefficient (Wildman–Crippen LogP) is 5.82. The van der Waals surface area contributed by atoms with Crippen LogP contribution in [0.25, 0.3) is 11.0 Å². The van der Waals surface area contributed by atoms with E-state index in [9.17, 15) is 9.59 Å². The van der Waals surface area contributed by atoms with Crippen LogP contribution in [0, 0.1) is 0 Å². The molecule has 2 amide bonds. The number of hydrogen-bond acceptors (Lipinski definition) is 3. The van der Waals surface area contributed by atoms with Gasteiger partial charge < -0.3 is 15.1 Å². The van der Waals surface area contributed by atoms with E-state index in [4.69, 9.17) is 4.42 Å². The Labute approximate surface area is 181 Å². The highest BCUT2D eigenvalue weighted by Gasteiger charge is 2.22. The fourth-order valence-corrected chi connectivity index (χ4v) is 3.45. The molecule has 5 nitrogen and oxygen atoms in total. The predicted molar refractivity (Wildman–Crippen MR) is 123 cm³/mol. The van der Waals surface area contributed by atoms with E-state index in [0.717, 1.165) is 12.0 Å². The smallest absolute Gasteiger partial charge is 0.293 e. The highest BCUT2D eigenvalue weighted by Crippen LogP contribution is 2.31. The van der Waals surface area contributed by atoms with Crippen molar-refractivity contribution in [3.63, 3.8) is 0 Å². The summed E-state index contributed by atoms with van der Waals surface area (Å²) in [5.74, 6) is -0.482. The number of hydrogen-bond donors (Lipinski definition) is 2. The van der Waals surface area contributed by atoms with E-state index < -0.39 is 5.91 Å². The first-order valence-electron chi connectivity index (χ1n) is 10.4. The second kappa shape index (κ2) is 9.30. The molecule has 0 aliphatic carbocycles. The average molecular weight is 412 g/mol. The lowest BCUT2D eigenvalue weighted by Gasteiger charge is -2.08. The first kappa shape index (κ1) is 20.4. The van der Waals surface area contributed by atoms with Gasteiger partial charge in [0.25, 0.3) is 5.91 Å². The van der Waals surface area contributed by atoms with Crippen molar-refractivity contribution < 1.29 is 14.0 Å². The third kappa shape index (κ3) is 4.83. The van der Waals surface area contributed by atoms with E-state index in [1.807, 2.05) is 72.8 Å². The maximum absolute atomic E-state index is 13.0. The average Bonchev–Trinajstić information content (AvgIpc) is 3.17. The van der Waals surface area contributed by atoms with Crippen LogP contribution in [0.1, 0.15) is 35.0 Å². The highest BCUT2D eigenvalue weighted by atomic mass is 16.3. The van der Waals surface area contributed by atoms with Crippen molar-refractivity contribution in [1.82, 2.24) is 0 Å². The highest BCUT2D eigenvalue weighted by molar-refractivity contribution is 6.14. The lowest BCUT2D eigenvalue weighted by molar-refractivity contribution is -0.116. The molecule has 1 aromatic heterocycles. The zero-order chi connectivity index (χ0) is 21.6. The molecule has 1 heterocycles. The Kier molecular flexibility index (Phi) is 6.13. The maximum Gasteiger partial charge on any atom is 0.293 e. The lowest BCUT2D eigenvalue weighted by Crippen LogP contribution is -2.17. The minimum Gasteiger partial charge on any atom is -0.449 e. The summed E-state index contributed by atoms with van der Waals surface area (Å²) in [5, 5.41) is 6.45. The van der Waals surface area contributed by atoms with Crippen LogP contribution in [0.3, 0.4) is 0 Å². The van der Waals surface area contributed by atoms with Crippen molar-refractivity contribution in [2.24, 2.45) is 0 Å². The van der Waals surface area contributed by atoms with Crippen molar-refractivity contribution in [2.75, 3.05) is 10.6 Å². The van der Waals surface area contributed by atoms with E-state index in [-0.39, 0.29) is 11.7 Å². The van der Waals surface area contributed by atoms with Gasteiger partial charge in [-0.15, -0.1) is 0 Å². The van der Waals surface area contributed by atoms with Gasteiger partial charge in [0, 0.05) is 17.5 Å². The van der Waals surface area contributed by atoms with E-state index in [0.29, 0.717) is 35.2 Å². The summed E-state index contributed by atoms with van der Waals surface area (Å²) in [7, 11) is 0. The molecule has 5 heteroatoms. The zero-order valence-corrected chi connectivity index (χ0v) is 17.4. The third-order valence-electron chi connectivity index (χ3n) is 5.17. The fraction of sp³-hybridized carbons (Fsp3) is 0.154. The van der Waals surface area contributed by atoms with Gasteiger partial charge >= 0.3 is 0 Å². The number of para-hydroxylation sites is 1. The monoisotopic (exact) mass is 412 g/mol. The molecule has 0 spiro atoms. The number of carbonyl (C=O) groups excluding carboxylic acids is 2. The molecule has 0 bridgehead atoms. The summed E-state index contributed by atoms with van der Waals surface area (Å²) in [6.07, 6.45) is 1.85. The molecular weight excluding hydrogens is 388 g/mol. The van der Waals surface area contributed by atoms with Crippen LogP contribution in [0.5, 0.6) is 0 Å². The SMILES string of the molecule is CCc1ccc(NC(=O)c2oc3ccccc3c2NC(=O)CCc2ccccc2)cc1. The molecule has 0 atom stereocenters. The summed E-state index contributed by atoms with van der Waals surface area (Å²) in [5.41, 5.74) is 3.89. The number of anilines is 2. The van der Waals surface area contributed by atoms with Gasteiger partial charge in [-0.1, -0.05) is 61.5 Å². The third-order valence-corrected chi connectivity index (χ3v) is 5.17. The molecule has 2 N–H and O–H groups in total. The van der Waals surface area contributed by atoms with Crippen LogP contribution >= 0.6 is 0 Å². The van der Waals surface area contributed by atoms with Gasteiger partial charge in [0.05, 0.1) is 0 Å². The number of aryl methyl sites for hydroxylation is 2. The van der Waals surface area contributed by atoms with E-state index >= 15 is 0 Å². The second-order valence-corrected chi connectivity index (χ2v) is 7.34. The van der Waals surface area contributed by atoms with Crippen LogP contribution < -0.4 is 10.6 Å². The summed E-state index contributed by atoms with van der Waals surface area (Å²) >= 11 is 0. The van der Waals surface area contributed by atoms with E-state index in [2.05, 4.69) is 17.6 Å². The Bertz CT molecular complexity index is 1190. The normalized spacial score (nSPS) is 10.7. The van der Waals surface area contributed by atoms with Gasteiger partial charge in [-0.25, -0.2) is 0 Å². The summed E-state index contributed by atoms with van der Waals surface area (Å²) in [6, 6.07) is 24.8. The summed E-state index contributed by atoms with van der Waals surface area (Å²) in [4.78, 5) is 25.6. The van der Waals surface area contributed by atoms with Crippen LogP contribution in [-0.2, 0) is 17.6 Å². The van der Waals surface area contributed by atoms with Gasteiger partial charge in [-0.2, -0.15) is 0 Å². The van der Waals surface area contributed by atoms with Gasteiger partial charge in [0.15, 0.2) is 0 Å². The first-order valence-corrected chi connectivity index (χ1v) is 10.4. The van der Waals surface area contributed by atoms with E-state index in [1.165, 1.54) is 5.56 Å². The number of carbonyl (C=O) groups is 2. The van der Waals surface area contributed by atoms with Crippen LogP contribution in [0.2, 0.25) is 0 Å². The van der Waals surface area contributed by atoms with Crippen LogP contribution in [0.15, 0.2) is 83.3 Å². The number of furan rings is 1. The number of nitrogens with one attached hydrogen (secondary N) is 2. The van der Waals surface area contributed by atoms with E-state index in [1.54, 1.807) is 6.07 Å². The van der Waals surface area contributed by atoms with Crippen molar-refractivity contribution in [3.05, 3.63) is 95.7 Å². The number of amides is 2. The molecule has 0 aliphatic rings. The topological polar surface area (TPSA) is 71.3 Å². The Hall–Kier alpha value is -3.86.